The Bertz CT molecular complexity index is 1200. The average molecular weight is 600 g/mol. The first-order valence-electron chi connectivity index (χ1n) is 15.3. The van der Waals surface area contributed by atoms with Gasteiger partial charge in [-0.2, -0.15) is 4.98 Å². The predicted octanol–water partition coefficient (Wildman–Crippen LogP) is 1.71. The van der Waals surface area contributed by atoms with E-state index in [1.165, 1.54) is 0 Å². The fraction of sp³-hybridized carbons (Fsp3) is 0.633. The summed E-state index contributed by atoms with van der Waals surface area (Å²) in [5, 5.41) is 6.12. The lowest BCUT2D eigenvalue weighted by molar-refractivity contribution is 0.0226. The number of nitrogens with zero attached hydrogens (tertiary/aromatic N) is 6. The van der Waals surface area contributed by atoms with Crippen LogP contribution in [0.25, 0.3) is 0 Å². The molecule has 12 nitrogen and oxygen atoms in total. The van der Waals surface area contributed by atoms with Crippen molar-refractivity contribution in [3.63, 3.8) is 0 Å². The predicted molar refractivity (Wildman–Crippen MR) is 165 cm³/mol. The molecule has 1 atom stereocenters. The molecule has 3 fully saturated rings. The third-order valence-corrected chi connectivity index (χ3v) is 7.95. The molecule has 13 heteroatoms. The number of aromatic nitrogens is 2. The quantitative estimate of drug-likeness (QED) is 0.411. The Morgan fingerprint density at radius 3 is 2.35 bits per heavy atom. The lowest BCUT2D eigenvalue weighted by atomic mass is 10.1. The summed E-state index contributed by atoms with van der Waals surface area (Å²) in [6, 6.07) is 8.31. The molecule has 5 rings (SSSR count). The second-order valence-electron chi connectivity index (χ2n) is 12.2. The van der Waals surface area contributed by atoms with Crippen LogP contribution < -0.4 is 31.1 Å². The van der Waals surface area contributed by atoms with Crippen molar-refractivity contribution >= 4 is 23.5 Å². The molecule has 1 unspecified atom stereocenters. The number of piperazine rings is 2. The summed E-state index contributed by atoms with van der Waals surface area (Å²) >= 11 is 0. The molecule has 4 N–H and O–H groups in total. The van der Waals surface area contributed by atoms with Crippen LogP contribution in [0.3, 0.4) is 0 Å². The summed E-state index contributed by atoms with van der Waals surface area (Å²) in [5.41, 5.74) is 7.79. The van der Waals surface area contributed by atoms with Crippen molar-refractivity contribution in [1.82, 2.24) is 25.5 Å². The Kier molecular flexibility index (Phi) is 10.2. The number of halogens is 1. The lowest BCUT2D eigenvalue weighted by Gasteiger charge is -2.38. The first kappa shape index (κ1) is 31.2. The van der Waals surface area contributed by atoms with Gasteiger partial charge in [0, 0.05) is 90.8 Å². The number of carbonyl (C=O) groups is 1. The molecule has 3 aliphatic rings. The number of nitrogens with two attached hydrogens (primary N) is 1. The number of rotatable bonds is 8. The van der Waals surface area contributed by atoms with Crippen LogP contribution in [0.4, 0.5) is 26.6 Å². The number of hydrogen-bond acceptors (Lipinski definition) is 11. The van der Waals surface area contributed by atoms with Gasteiger partial charge in [0.1, 0.15) is 17.4 Å². The maximum absolute atomic E-state index is 16.1. The molecule has 0 aliphatic carbocycles. The minimum atomic E-state index is -0.522. The van der Waals surface area contributed by atoms with E-state index in [0.717, 1.165) is 44.0 Å². The SMILES string of the molecule is CC(C)(C)OC(=O)NCCN1CCN(c2nc(C3CNCCO3)c(F)c(N3CCN(c4ccc(CN)cc4)CC3)n2)CC1. The van der Waals surface area contributed by atoms with Gasteiger partial charge in [-0.1, -0.05) is 12.1 Å². The molecule has 43 heavy (non-hydrogen) atoms. The van der Waals surface area contributed by atoms with Crippen molar-refractivity contribution in [3.05, 3.63) is 41.3 Å². The van der Waals surface area contributed by atoms with E-state index in [0.29, 0.717) is 76.4 Å². The van der Waals surface area contributed by atoms with Gasteiger partial charge < -0.3 is 40.5 Å². The third kappa shape index (κ3) is 8.22. The van der Waals surface area contributed by atoms with Crippen molar-refractivity contribution in [2.75, 3.05) is 99.8 Å². The number of anilines is 3. The molecule has 236 valence electrons. The van der Waals surface area contributed by atoms with Gasteiger partial charge in [-0.25, -0.2) is 14.2 Å². The van der Waals surface area contributed by atoms with Gasteiger partial charge in [0.15, 0.2) is 11.6 Å². The highest BCUT2D eigenvalue weighted by Gasteiger charge is 2.31. The summed E-state index contributed by atoms with van der Waals surface area (Å²) in [4.78, 5) is 30.3. The van der Waals surface area contributed by atoms with E-state index < -0.39 is 23.6 Å². The summed E-state index contributed by atoms with van der Waals surface area (Å²) in [5.74, 6) is 0.480. The van der Waals surface area contributed by atoms with Gasteiger partial charge in [0.25, 0.3) is 0 Å². The molecule has 0 radical (unpaired) electrons. The third-order valence-electron chi connectivity index (χ3n) is 7.95. The number of alkyl carbamates (subject to hydrolysis) is 1. The highest BCUT2D eigenvalue weighted by atomic mass is 19.1. The highest BCUT2D eigenvalue weighted by Crippen LogP contribution is 2.30. The molecule has 4 heterocycles. The summed E-state index contributed by atoms with van der Waals surface area (Å²) < 4.78 is 27.3. The number of morpholine rings is 1. The Morgan fingerprint density at radius 2 is 1.72 bits per heavy atom. The van der Waals surface area contributed by atoms with Crippen LogP contribution in [0.15, 0.2) is 24.3 Å². The van der Waals surface area contributed by atoms with E-state index in [9.17, 15) is 4.79 Å². The van der Waals surface area contributed by atoms with E-state index >= 15 is 4.39 Å². The lowest BCUT2D eigenvalue weighted by Crippen LogP contribution is -2.50. The highest BCUT2D eigenvalue weighted by molar-refractivity contribution is 5.67. The van der Waals surface area contributed by atoms with Gasteiger partial charge in [-0.05, 0) is 38.5 Å². The average Bonchev–Trinajstić information content (AvgIpc) is 3.01. The summed E-state index contributed by atoms with van der Waals surface area (Å²) in [7, 11) is 0. The number of carbonyl (C=O) groups excluding carboxylic acids is 1. The number of amides is 1. The van der Waals surface area contributed by atoms with Crippen LogP contribution in [-0.2, 0) is 16.0 Å². The van der Waals surface area contributed by atoms with Crippen molar-refractivity contribution in [1.29, 1.82) is 0 Å². The number of benzene rings is 1. The first-order valence-corrected chi connectivity index (χ1v) is 15.3. The zero-order valence-electron chi connectivity index (χ0n) is 25.6. The molecule has 1 aromatic carbocycles. The van der Waals surface area contributed by atoms with Crippen LogP contribution >= 0.6 is 0 Å². The molecular weight excluding hydrogens is 553 g/mol. The number of hydrogen-bond donors (Lipinski definition) is 3. The van der Waals surface area contributed by atoms with Crippen LogP contribution in [0.2, 0.25) is 0 Å². The second-order valence-corrected chi connectivity index (χ2v) is 12.2. The summed E-state index contributed by atoms with van der Waals surface area (Å²) in [6.45, 7) is 14.8. The maximum atomic E-state index is 16.1. The fourth-order valence-electron chi connectivity index (χ4n) is 5.57. The molecule has 0 spiro atoms. The van der Waals surface area contributed by atoms with Crippen molar-refractivity contribution in [2.24, 2.45) is 5.73 Å². The number of ether oxygens (including phenoxy) is 2. The van der Waals surface area contributed by atoms with Gasteiger partial charge in [-0.3, -0.25) is 4.90 Å². The van der Waals surface area contributed by atoms with Crippen LogP contribution in [-0.4, -0.2) is 112 Å². The first-order chi connectivity index (χ1) is 20.7. The molecule has 0 bridgehead atoms. The Morgan fingerprint density at radius 1 is 1.05 bits per heavy atom. The maximum Gasteiger partial charge on any atom is 0.407 e. The van der Waals surface area contributed by atoms with Gasteiger partial charge in [0.05, 0.1) is 6.61 Å². The molecular formula is C30H46FN9O3. The van der Waals surface area contributed by atoms with Crippen molar-refractivity contribution in [3.8, 4) is 0 Å². The zero-order valence-corrected chi connectivity index (χ0v) is 25.6. The van der Waals surface area contributed by atoms with E-state index in [4.69, 9.17) is 25.2 Å². The van der Waals surface area contributed by atoms with Crippen molar-refractivity contribution in [2.45, 2.75) is 39.0 Å². The molecule has 0 saturated carbocycles. The molecule has 2 aromatic rings. The van der Waals surface area contributed by atoms with Crippen molar-refractivity contribution < 1.29 is 18.7 Å². The van der Waals surface area contributed by atoms with E-state index in [1.54, 1.807) is 0 Å². The van der Waals surface area contributed by atoms with E-state index in [2.05, 4.69) is 49.6 Å². The second kappa shape index (κ2) is 14.0. The molecule has 3 aliphatic heterocycles. The smallest absolute Gasteiger partial charge is 0.407 e. The standard InChI is InChI=1S/C30H46FN9O3/c1-30(2,3)43-29(41)34-8-10-37-11-13-40(14-12-37)28-35-26(24-21-33-9-19-42-24)25(31)27(36-28)39-17-15-38(16-18-39)23-6-4-22(20-32)5-7-23/h4-7,24,33H,8-21,32H2,1-3H3,(H,34,41). The fourth-order valence-corrected chi connectivity index (χ4v) is 5.57. The topological polar surface area (TPSA) is 124 Å². The normalized spacial score (nSPS) is 20.3. The molecule has 3 saturated heterocycles. The van der Waals surface area contributed by atoms with E-state index in [1.807, 2.05) is 25.7 Å². The molecule has 1 amide bonds. The summed E-state index contributed by atoms with van der Waals surface area (Å²) in [6.07, 6.45) is -0.868. The Labute approximate surface area is 253 Å². The number of nitrogens with one attached hydrogen (secondary N) is 2. The van der Waals surface area contributed by atoms with Gasteiger partial charge in [0.2, 0.25) is 5.95 Å². The van der Waals surface area contributed by atoms with Crippen LogP contribution in [0, 0.1) is 5.82 Å². The largest absolute Gasteiger partial charge is 0.444 e. The minimum absolute atomic E-state index is 0.316. The Balaban J connectivity index is 1.24. The van der Waals surface area contributed by atoms with Gasteiger partial charge >= 0.3 is 6.09 Å². The Hall–Kier alpha value is -3.26. The zero-order chi connectivity index (χ0) is 30.4. The van der Waals surface area contributed by atoms with Gasteiger partial charge in [-0.15, -0.1) is 0 Å². The monoisotopic (exact) mass is 599 g/mol. The minimum Gasteiger partial charge on any atom is -0.444 e. The van der Waals surface area contributed by atoms with Crippen LogP contribution in [0.1, 0.15) is 38.1 Å². The van der Waals surface area contributed by atoms with Crippen LogP contribution in [0.5, 0.6) is 0 Å². The molecule has 1 aromatic heterocycles. The van der Waals surface area contributed by atoms with E-state index in [-0.39, 0.29) is 0 Å².